The van der Waals surface area contributed by atoms with E-state index in [2.05, 4.69) is 15.8 Å². The summed E-state index contributed by atoms with van der Waals surface area (Å²) in [6.45, 7) is 1.73. The van der Waals surface area contributed by atoms with Crippen LogP contribution in [0.3, 0.4) is 0 Å². The first-order valence-electron chi connectivity index (χ1n) is 9.57. The predicted molar refractivity (Wildman–Crippen MR) is 118 cm³/mol. The van der Waals surface area contributed by atoms with Crippen molar-refractivity contribution in [2.75, 3.05) is 11.9 Å². The number of hydrogen-bond donors (Lipinski definition) is 2. The Kier molecular flexibility index (Phi) is 7.28. The summed E-state index contributed by atoms with van der Waals surface area (Å²) in [5, 5.41) is 15.3. The van der Waals surface area contributed by atoms with Gasteiger partial charge in [0.25, 0.3) is 11.8 Å². The van der Waals surface area contributed by atoms with Gasteiger partial charge in [-0.15, -0.1) is 0 Å². The normalized spacial score (nSPS) is 10.4. The second-order valence-electron chi connectivity index (χ2n) is 6.75. The monoisotopic (exact) mass is 430 g/mol. The maximum atomic E-state index is 13.9. The van der Waals surface area contributed by atoms with Gasteiger partial charge in [0.05, 0.1) is 23.4 Å². The lowest BCUT2D eigenvalue weighted by Crippen LogP contribution is -2.21. The van der Waals surface area contributed by atoms with E-state index in [1.54, 1.807) is 42.5 Å². The lowest BCUT2D eigenvalue weighted by Gasteiger charge is -2.10. The molecule has 0 heterocycles. The van der Waals surface area contributed by atoms with Gasteiger partial charge in [-0.2, -0.15) is 10.4 Å². The number of aryl methyl sites for hydroxylation is 1. The van der Waals surface area contributed by atoms with Crippen molar-refractivity contribution in [2.24, 2.45) is 5.10 Å². The van der Waals surface area contributed by atoms with Crippen molar-refractivity contribution in [3.63, 3.8) is 0 Å². The number of benzene rings is 3. The number of anilines is 1. The highest BCUT2D eigenvalue weighted by atomic mass is 19.1. The Morgan fingerprint density at radius 2 is 1.88 bits per heavy atom. The summed E-state index contributed by atoms with van der Waals surface area (Å²) in [7, 11) is 0. The van der Waals surface area contributed by atoms with Gasteiger partial charge in [0.1, 0.15) is 11.6 Å². The standard InChI is InChI=1S/C24H19FN4O3/c1-16-6-9-19(10-7-16)28-23(30)15-32-22-5-3-2-4-18(22)14-27-29-24(31)20-11-8-17(13-26)12-21(20)25/h2-12,14H,15H2,1H3,(H,28,30)(H,29,31). The van der Waals surface area contributed by atoms with Gasteiger partial charge in [0.15, 0.2) is 6.61 Å². The first kappa shape index (κ1) is 22.2. The molecule has 0 aromatic heterocycles. The van der Waals surface area contributed by atoms with Gasteiger partial charge < -0.3 is 10.1 Å². The molecule has 32 heavy (non-hydrogen) atoms. The molecule has 8 heteroatoms. The van der Waals surface area contributed by atoms with E-state index in [1.165, 1.54) is 18.3 Å². The molecule has 0 bridgehead atoms. The van der Waals surface area contributed by atoms with Crippen LogP contribution >= 0.6 is 0 Å². The first-order valence-corrected chi connectivity index (χ1v) is 9.57. The van der Waals surface area contributed by atoms with E-state index in [0.29, 0.717) is 17.0 Å². The summed E-state index contributed by atoms with van der Waals surface area (Å²) in [6, 6.07) is 19.5. The maximum Gasteiger partial charge on any atom is 0.274 e. The summed E-state index contributed by atoms with van der Waals surface area (Å²) < 4.78 is 19.5. The van der Waals surface area contributed by atoms with Crippen molar-refractivity contribution in [1.82, 2.24) is 5.43 Å². The molecule has 0 aliphatic carbocycles. The Bertz CT molecular complexity index is 1200. The first-order chi connectivity index (χ1) is 15.5. The van der Waals surface area contributed by atoms with Crippen molar-refractivity contribution >= 4 is 23.7 Å². The van der Waals surface area contributed by atoms with Crippen LogP contribution in [0, 0.1) is 24.1 Å². The number of hydrazone groups is 1. The molecule has 3 aromatic rings. The third kappa shape index (κ3) is 6.00. The van der Waals surface area contributed by atoms with Crippen molar-refractivity contribution in [1.29, 1.82) is 5.26 Å². The van der Waals surface area contributed by atoms with E-state index in [-0.39, 0.29) is 23.6 Å². The van der Waals surface area contributed by atoms with Gasteiger partial charge in [0, 0.05) is 11.3 Å². The lowest BCUT2D eigenvalue weighted by atomic mass is 10.1. The van der Waals surface area contributed by atoms with Gasteiger partial charge in [0.2, 0.25) is 0 Å². The Labute approximate surface area is 184 Å². The third-order valence-corrected chi connectivity index (χ3v) is 4.33. The molecule has 0 aliphatic heterocycles. The predicted octanol–water partition coefficient (Wildman–Crippen LogP) is 3.79. The summed E-state index contributed by atoms with van der Waals surface area (Å²) in [5.41, 5.74) is 4.36. The number of nitrogens with zero attached hydrogens (tertiary/aromatic N) is 2. The number of amides is 2. The fourth-order valence-electron chi connectivity index (χ4n) is 2.69. The number of nitriles is 1. The number of carbonyl (C=O) groups excluding carboxylic acids is 2. The van der Waals surface area contributed by atoms with Crippen LogP contribution in [0.4, 0.5) is 10.1 Å². The lowest BCUT2D eigenvalue weighted by molar-refractivity contribution is -0.118. The third-order valence-electron chi connectivity index (χ3n) is 4.33. The molecule has 0 radical (unpaired) electrons. The van der Waals surface area contributed by atoms with E-state index >= 15 is 0 Å². The second kappa shape index (κ2) is 10.5. The molecule has 160 valence electrons. The number of hydrogen-bond acceptors (Lipinski definition) is 5. The number of halogens is 1. The van der Waals surface area contributed by atoms with E-state index in [9.17, 15) is 14.0 Å². The summed E-state index contributed by atoms with van der Waals surface area (Å²) in [4.78, 5) is 24.3. The average molecular weight is 430 g/mol. The van der Waals surface area contributed by atoms with Gasteiger partial charge in [-0.1, -0.05) is 29.8 Å². The maximum absolute atomic E-state index is 13.9. The number of ether oxygens (including phenoxy) is 1. The van der Waals surface area contributed by atoms with Crippen LogP contribution in [0.15, 0.2) is 71.8 Å². The molecule has 2 N–H and O–H groups in total. The molecule has 3 rings (SSSR count). The number of carbonyl (C=O) groups is 2. The zero-order chi connectivity index (χ0) is 22.9. The van der Waals surface area contributed by atoms with Crippen molar-refractivity contribution in [3.05, 3.63) is 94.8 Å². The zero-order valence-electron chi connectivity index (χ0n) is 17.1. The van der Waals surface area contributed by atoms with E-state index in [1.807, 2.05) is 19.1 Å². The fraction of sp³-hybridized carbons (Fsp3) is 0.0833. The molecule has 0 saturated heterocycles. The van der Waals surface area contributed by atoms with Gasteiger partial charge >= 0.3 is 0 Å². The molecule has 0 atom stereocenters. The fourth-order valence-corrected chi connectivity index (χ4v) is 2.69. The van der Waals surface area contributed by atoms with Gasteiger partial charge in [-0.3, -0.25) is 9.59 Å². The molecular formula is C24H19FN4O3. The van der Waals surface area contributed by atoms with Crippen LogP contribution in [0.2, 0.25) is 0 Å². The molecular weight excluding hydrogens is 411 g/mol. The quantitative estimate of drug-likeness (QED) is 0.440. The smallest absolute Gasteiger partial charge is 0.274 e. The minimum atomic E-state index is -0.819. The minimum Gasteiger partial charge on any atom is -0.483 e. The van der Waals surface area contributed by atoms with Crippen LogP contribution in [0.1, 0.15) is 27.0 Å². The highest BCUT2D eigenvalue weighted by Crippen LogP contribution is 2.16. The largest absolute Gasteiger partial charge is 0.483 e. The number of nitrogens with one attached hydrogen (secondary N) is 2. The van der Waals surface area contributed by atoms with Crippen LogP contribution in [0.5, 0.6) is 5.75 Å². The molecule has 0 fully saturated rings. The average Bonchev–Trinajstić information content (AvgIpc) is 2.79. The minimum absolute atomic E-state index is 0.111. The summed E-state index contributed by atoms with van der Waals surface area (Å²) in [5.74, 6) is -1.53. The summed E-state index contributed by atoms with van der Waals surface area (Å²) in [6.07, 6.45) is 1.33. The van der Waals surface area contributed by atoms with Crippen molar-refractivity contribution in [3.8, 4) is 11.8 Å². The SMILES string of the molecule is Cc1ccc(NC(=O)COc2ccccc2C=NNC(=O)c2ccc(C#N)cc2F)cc1. The Morgan fingerprint density at radius 3 is 2.59 bits per heavy atom. The Morgan fingerprint density at radius 1 is 1.12 bits per heavy atom. The van der Waals surface area contributed by atoms with Crippen LogP contribution in [-0.4, -0.2) is 24.6 Å². The molecule has 0 spiro atoms. The van der Waals surface area contributed by atoms with Crippen LogP contribution < -0.4 is 15.5 Å². The number of para-hydroxylation sites is 1. The molecule has 2 amide bonds. The van der Waals surface area contributed by atoms with E-state index < -0.39 is 11.7 Å². The second-order valence-corrected chi connectivity index (χ2v) is 6.75. The van der Waals surface area contributed by atoms with Crippen molar-refractivity contribution < 1.29 is 18.7 Å². The van der Waals surface area contributed by atoms with Gasteiger partial charge in [-0.05, 0) is 49.4 Å². The molecule has 3 aromatic carbocycles. The van der Waals surface area contributed by atoms with Crippen LogP contribution in [0.25, 0.3) is 0 Å². The summed E-state index contributed by atoms with van der Waals surface area (Å²) >= 11 is 0. The molecule has 0 saturated carbocycles. The Hall–Kier alpha value is -4.51. The van der Waals surface area contributed by atoms with E-state index in [4.69, 9.17) is 10.00 Å². The highest BCUT2D eigenvalue weighted by Gasteiger charge is 2.12. The van der Waals surface area contributed by atoms with E-state index in [0.717, 1.165) is 11.6 Å². The molecule has 7 nitrogen and oxygen atoms in total. The molecule has 0 aliphatic rings. The van der Waals surface area contributed by atoms with Crippen molar-refractivity contribution in [2.45, 2.75) is 6.92 Å². The van der Waals surface area contributed by atoms with Gasteiger partial charge in [-0.25, -0.2) is 9.82 Å². The topological polar surface area (TPSA) is 104 Å². The number of rotatable bonds is 7. The molecule has 0 unspecified atom stereocenters. The van der Waals surface area contributed by atoms with Crippen LogP contribution in [-0.2, 0) is 4.79 Å². The Balaban J connectivity index is 1.59. The highest BCUT2D eigenvalue weighted by molar-refractivity contribution is 5.95. The zero-order valence-corrected chi connectivity index (χ0v) is 17.1.